The number of nitrogens with zero attached hydrogens (tertiary/aromatic N) is 1. The van der Waals surface area contributed by atoms with Gasteiger partial charge in [0.25, 0.3) is 0 Å². The first-order valence-corrected chi connectivity index (χ1v) is 8.70. The molecule has 0 saturated carbocycles. The Morgan fingerprint density at radius 1 is 1.37 bits per heavy atom. The second-order valence-electron chi connectivity index (χ2n) is 6.42. The molecule has 2 aliphatic rings. The van der Waals surface area contributed by atoms with Gasteiger partial charge >= 0.3 is 0 Å². The Bertz CT molecular complexity index is 301. The van der Waals surface area contributed by atoms with Gasteiger partial charge in [0.1, 0.15) is 0 Å². The summed E-state index contributed by atoms with van der Waals surface area (Å²) < 4.78 is 0.333. The molecule has 0 spiro atoms. The first kappa shape index (κ1) is 15.2. The lowest BCUT2D eigenvalue weighted by Gasteiger charge is -2.25. The van der Waals surface area contributed by atoms with Crippen molar-refractivity contribution in [3.8, 4) is 0 Å². The van der Waals surface area contributed by atoms with Crippen molar-refractivity contribution in [2.75, 3.05) is 25.4 Å². The van der Waals surface area contributed by atoms with Crippen LogP contribution in [0.15, 0.2) is 0 Å². The molecule has 0 aromatic carbocycles. The van der Waals surface area contributed by atoms with E-state index in [0.29, 0.717) is 16.7 Å². The Morgan fingerprint density at radius 2 is 2.21 bits per heavy atom. The van der Waals surface area contributed by atoms with Crippen molar-refractivity contribution >= 4 is 17.7 Å². The first-order chi connectivity index (χ1) is 9.07. The van der Waals surface area contributed by atoms with Gasteiger partial charge in [-0.25, -0.2) is 0 Å². The molecule has 2 saturated heterocycles. The van der Waals surface area contributed by atoms with E-state index in [9.17, 15) is 4.79 Å². The molecule has 110 valence electrons. The molecule has 0 aromatic heterocycles. The third-order valence-corrected chi connectivity index (χ3v) is 5.68. The Labute approximate surface area is 121 Å². The van der Waals surface area contributed by atoms with Gasteiger partial charge in [-0.2, -0.15) is 11.8 Å². The van der Waals surface area contributed by atoms with Gasteiger partial charge in [-0.1, -0.05) is 20.3 Å². The van der Waals surface area contributed by atoms with Gasteiger partial charge in [0.2, 0.25) is 5.91 Å². The smallest absolute Gasteiger partial charge is 0.222 e. The van der Waals surface area contributed by atoms with Crippen molar-refractivity contribution in [2.45, 2.75) is 63.2 Å². The average Bonchev–Trinajstić information content (AvgIpc) is 2.58. The van der Waals surface area contributed by atoms with Gasteiger partial charge in [-0.05, 0) is 32.2 Å². The van der Waals surface area contributed by atoms with Crippen molar-refractivity contribution in [1.82, 2.24) is 10.2 Å². The number of nitrogens with one attached hydrogen (secondary N) is 1. The quantitative estimate of drug-likeness (QED) is 0.865. The van der Waals surface area contributed by atoms with E-state index >= 15 is 0 Å². The fourth-order valence-electron chi connectivity index (χ4n) is 2.90. The van der Waals surface area contributed by atoms with E-state index in [4.69, 9.17) is 0 Å². The second-order valence-corrected chi connectivity index (χ2v) is 8.23. The Morgan fingerprint density at radius 3 is 2.95 bits per heavy atom. The maximum Gasteiger partial charge on any atom is 0.222 e. The summed E-state index contributed by atoms with van der Waals surface area (Å²) in [5.41, 5.74) is 0. The van der Waals surface area contributed by atoms with Gasteiger partial charge in [-0.15, -0.1) is 0 Å². The number of hydrogen-bond acceptors (Lipinski definition) is 3. The van der Waals surface area contributed by atoms with E-state index in [1.807, 2.05) is 11.8 Å². The number of piperidine rings is 1. The summed E-state index contributed by atoms with van der Waals surface area (Å²) in [6.07, 6.45) is 6.72. The Balaban J connectivity index is 1.73. The van der Waals surface area contributed by atoms with Crippen LogP contribution >= 0.6 is 11.8 Å². The average molecular weight is 284 g/mol. The number of carbonyl (C=O) groups excluding carboxylic acids is 1. The Kier molecular flexibility index (Phi) is 5.58. The monoisotopic (exact) mass is 284 g/mol. The Hall–Kier alpha value is -0.220. The lowest BCUT2D eigenvalue weighted by atomic mass is 10.00. The summed E-state index contributed by atoms with van der Waals surface area (Å²) >= 11 is 2.00. The molecule has 4 heteroatoms. The minimum absolute atomic E-state index is 0.333. The van der Waals surface area contributed by atoms with E-state index in [1.54, 1.807) is 0 Å². The molecule has 0 aliphatic carbocycles. The van der Waals surface area contributed by atoms with E-state index in [1.165, 1.54) is 19.3 Å². The number of hydrogen-bond donors (Lipinski definition) is 1. The minimum atomic E-state index is 0.333. The van der Waals surface area contributed by atoms with Crippen molar-refractivity contribution < 1.29 is 4.79 Å². The molecule has 0 aromatic rings. The largest absolute Gasteiger partial charge is 0.342 e. The van der Waals surface area contributed by atoms with Crippen LogP contribution in [-0.4, -0.2) is 47.0 Å². The molecular weight excluding hydrogens is 256 g/mol. The summed E-state index contributed by atoms with van der Waals surface area (Å²) in [6, 6.07) is 0.579. The summed E-state index contributed by atoms with van der Waals surface area (Å²) in [5, 5.41) is 3.53. The van der Waals surface area contributed by atoms with E-state index in [-0.39, 0.29) is 0 Å². The predicted octanol–water partition coefficient (Wildman–Crippen LogP) is 2.65. The van der Waals surface area contributed by atoms with Gasteiger partial charge in [0.15, 0.2) is 0 Å². The van der Waals surface area contributed by atoms with Crippen molar-refractivity contribution in [2.24, 2.45) is 0 Å². The van der Waals surface area contributed by atoms with Crippen molar-refractivity contribution in [1.29, 1.82) is 0 Å². The van der Waals surface area contributed by atoms with Crippen LogP contribution in [-0.2, 0) is 4.79 Å². The highest BCUT2D eigenvalue weighted by Gasteiger charge is 2.26. The second kappa shape index (κ2) is 6.98. The van der Waals surface area contributed by atoms with Crippen LogP contribution in [0.25, 0.3) is 0 Å². The molecule has 2 rings (SSSR count). The van der Waals surface area contributed by atoms with Crippen LogP contribution in [0.3, 0.4) is 0 Å². The fourth-order valence-corrected chi connectivity index (χ4v) is 4.00. The topological polar surface area (TPSA) is 32.3 Å². The molecule has 2 heterocycles. The third kappa shape index (κ3) is 4.99. The highest BCUT2D eigenvalue weighted by molar-refractivity contribution is 8.00. The molecule has 3 nitrogen and oxygen atoms in total. The van der Waals surface area contributed by atoms with Crippen LogP contribution in [0.1, 0.15) is 52.4 Å². The SMILES string of the molecule is CC1(C)CCN(C(=O)CCC2CCCCN2)CCS1. The van der Waals surface area contributed by atoms with Crippen LogP contribution in [0.5, 0.6) is 0 Å². The van der Waals surface area contributed by atoms with Gasteiger partial charge < -0.3 is 10.2 Å². The number of rotatable bonds is 3. The van der Waals surface area contributed by atoms with E-state index < -0.39 is 0 Å². The highest BCUT2D eigenvalue weighted by Crippen LogP contribution is 2.30. The number of thioether (sulfide) groups is 1. The summed E-state index contributed by atoms with van der Waals surface area (Å²) in [4.78, 5) is 14.4. The number of carbonyl (C=O) groups is 1. The molecule has 0 bridgehead atoms. The maximum atomic E-state index is 12.3. The lowest BCUT2D eigenvalue weighted by molar-refractivity contribution is -0.131. The fraction of sp³-hybridized carbons (Fsp3) is 0.933. The van der Waals surface area contributed by atoms with Crippen LogP contribution < -0.4 is 5.32 Å². The van der Waals surface area contributed by atoms with Crippen molar-refractivity contribution in [3.63, 3.8) is 0 Å². The number of amides is 1. The molecule has 1 unspecified atom stereocenters. The summed E-state index contributed by atoms with van der Waals surface area (Å²) in [7, 11) is 0. The molecule has 1 N–H and O–H groups in total. The third-order valence-electron chi connectivity index (χ3n) is 4.31. The highest BCUT2D eigenvalue weighted by atomic mass is 32.2. The zero-order chi connectivity index (χ0) is 13.7. The van der Waals surface area contributed by atoms with Crippen LogP contribution in [0.4, 0.5) is 0 Å². The normalized spacial score (nSPS) is 27.9. The molecule has 1 atom stereocenters. The molecule has 1 amide bonds. The zero-order valence-electron chi connectivity index (χ0n) is 12.4. The molecule has 2 fully saturated rings. The van der Waals surface area contributed by atoms with Crippen LogP contribution in [0, 0.1) is 0 Å². The standard InChI is InChI=1S/C15H28N2OS/c1-15(2)8-10-17(11-12-19-15)14(18)7-6-13-5-3-4-9-16-13/h13,16H,3-12H2,1-2H3. The van der Waals surface area contributed by atoms with Gasteiger partial charge in [0.05, 0.1) is 0 Å². The summed E-state index contributed by atoms with van der Waals surface area (Å²) in [6.45, 7) is 7.59. The minimum Gasteiger partial charge on any atom is -0.342 e. The lowest BCUT2D eigenvalue weighted by Crippen LogP contribution is -2.37. The van der Waals surface area contributed by atoms with Crippen molar-refractivity contribution in [3.05, 3.63) is 0 Å². The molecule has 19 heavy (non-hydrogen) atoms. The van der Waals surface area contributed by atoms with E-state index in [0.717, 1.165) is 44.6 Å². The molecule has 0 radical (unpaired) electrons. The molecular formula is C15H28N2OS. The van der Waals surface area contributed by atoms with E-state index in [2.05, 4.69) is 24.1 Å². The molecule has 2 aliphatic heterocycles. The zero-order valence-corrected chi connectivity index (χ0v) is 13.2. The van der Waals surface area contributed by atoms with Crippen LogP contribution in [0.2, 0.25) is 0 Å². The van der Waals surface area contributed by atoms with Gasteiger partial charge in [-0.3, -0.25) is 4.79 Å². The first-order valence-electron chi connectivity index (χ1n) is 7.72. The summed E-state index contributed by atoms with van der Waals surface area (Å²) in [5.74, 6) is 1.45. The predicted molar refractivity (Wildman–Crippen MR) is 82.6 cm³/mol. The maximum absolute atomic E-state index is 12.3. The van der Waals surface area contributed by atoms with Gasteiger partial charge in [0, 0.05) is 36.1 Å².